The fraction of sp³-hybridized carbons (Fsp3) is 0.500. The van der Waals surface area contributed by atoms with E-state index in [2.05, 4.69) is 25.8 Å². The number of nitrogens with zero attached hydrogens (tertiary/aromatic N) is 6. The van der Waals surface area contributed by atoms with Crippen LogP contribution in [0.1, 0.15) is 23.2 Å². The van der Waals surface area contributed by atoms with Gasteiger partial charge in [0.2, 0.25) is 0 Å². The highest BCUT2D eigenvalue weighted by Gasteiger charge is 2.07. The van der Waals surface area contributed by atoms with E-state index >= 15 is 0 Å². The van der Waals surface area contributed by atoms with E-state index in [0.717, 1.165) is 12.4 Å². The van der Waals surface area contributed by atoms with E-state index in [1.165, 1.54) is 10.9 Å². The fourth-order valence-corrected chi connectivity index (χ4v) is 1.58. The lowest BCUT2D eigenvalue weighted by molar-refractivity contribution is 0.0690. The van der Waals surface area contributed by atoms with Gasteiger partial charge in [0.1, 0.15) is 12.2 Å². The zero-order chi connectivity index (χ0) is 13.7. The molecule has 0 aliphatic rings. The van der Waals surface area contributed by atoms with Gasteiger partial charge in [-0.2, -0.15) is 0 Å². The molecule has 0 spiro atoms. The van der Waals surface area contributed by atoms with Gasteiger partial charge in [-0.25, -0.2) is 4.79 Å². The van der Waals surface area contributed by atoms with Crippen molar-refractivity contribution >= 4 is 5.97 Å². The van der Waals surface area contributed by atoms with Crippen LogP contribution in [0.4, 0.5) is 0 Å². The van der Waals surface area contributed by atoms with E-state index in [0.29, 0.717) is 19.6 Å². The topological polar surface area (TPSA) is 111 Å². The van der Waals surface area contributed by atoms with Crippen LogP contribution in [0, 0.1) is 0 Å². The van der Waals surface area contributed by atoms with Gasteiger partial charge in [-0.1, -0.05) is 5.21 Å². The average molecular weight is 265 g/mol. The van der Waals surface area contributed by atoms with Crippen molar-refractivity contribution in [2.24, 2.45) is 0 Å². The van der Waals surface area contributed by atoms with Crippen molar-refractivity contribution in [2.45, 2.75) is 26.6 Å². The van der Waals surface area contributed by atoms with Crippen LogP contribution in [-0.2, 0) is 19.6 Å². The first kappa shape index (κ1) is 13.1. The Morgan fingerprint density at radius 2 is 2.32 bits per heavy atom. The summed E-state index contributed by atoms with van der Waals surface area (Å²) < 4.78 is 3.44. The molecule has 0 saturated heterocycles. The molecule has 2 N–H and O–H groups in total. The number of aryl methyl sites for hydroxylation is 1. The molecule has 0 fully saturated rings. The summed E-state index contributed by atoms with van der Waals surface area (Å²) in [6.07, 6.45) is 3.09. The molecule has 102 valence electrons. The Morgan fingerprint density at radius 3 is 3.00 bits per heavy atom. The quantitative estimate of drug-likeness (QED) is 0.641. The number of carboxylic acids is 1. The summed E-state index contributed by atoms with van der Waals surface area (Å²) in [7, 11) is 0. The number of hydrogen-bond donors (Lipinski definition) is 2. The molecule has 0 aliphatic heterocycles. The van der Waals surface area contributed by atoms with Crippen LogP contribution in [0.2, 0.25) is 0 Å². The summed E-state index contributed by atoms with van der Waals surface area (Å²) in [6.45, 7) is 4.64. The summed E-state index contributed by atoms with van der Waals surface area (Å²) >= 11 is 0. The Labute approximate surface area is 109 Å². The van der Waals surface area contributed by atoms with Crippen LogP contribution in [0.5, 0.6) is 0 Å². The number of aromatic carboxylic acids is 1. The van der Waals surface area contributed by atoms with Gasteiger partial charge in [-0.05, 0) is 6.92 Å². The molecule has 2 heterocycles. The SMILES string of the molecule is CCn1cnnc1CNCCn1cc(C(=O)O)nn1. The molecular formula is C10H15N7O2. The third-order valence-corrected chi connectivity index (χ3v) is 2.59. The second-order valence-electron chi connectivity index (χ2n) is 3.88. The monoisotopic (exact) mass is 265 g/mol. The van der Waals surface area contributed by atoms with Gasteiger partial charge in [-0.15, -0.1) is 15.3 Å². The van der Waals surface area contributed by atoms with Gasteiger partial charge in [0, 0.05) is 13.1 Å². The maximum Gasteiger partial charge on any atom is 0.358 e. The van der Waals surface area contributed by atoms with Gasteiger partial charge in [0.25, 0.3) is 0 Å². The van der Waals surface area contributed by atoms with Gasteiger partial charge < -0.3 is 15.0 Å². The van der Waals surface area contributed by atoms with Crippen LogP contribution in [0.3, 0.4) is 0 Å². The number of nitrogens with one attached hydrogen (secondary N) is 1. The van der Waals surface area contributed by atoms with E-state index in [4.69, 9.17) is 5.11 Å². The Kier molecular flexibility index (Phi) is 4.18. The normalized spacial score (nSPS) is 10.8. The van der Waals surface area contributed by atoms with Gasteiger partial charge in [-0.3, -0.25) is 4.68 Å². The molecule has 9 heteroatoms. The largest absolute Gasteiger partial charge is 0.476 e. The molecule has 2 aromatic heterocycles. The van der Waals surface area contributed by atoms with E-state index < -0.39 is 5.97 Å². The van der Waals surface area contributed by atoms with E-state index in [-0.39, 0.29) is 5.69 Å². The molecule has 2 rings (SSSR count). The maximum atomic E-state index is 10.6. The summed E-state index contributed by atoms with van der Waals surface area (Å²) in [5, 5.41) is 27.0. The molecule has 0 atom stereocenters. The molecule has 0 saturated carbocycles. The summed E-state index contributed by atoms with van der Waals surface area (Å²) in [6, 6.07) is 0. The number of rotatable bonds is 7. The number of aromatic nitrogens is 6. The Bertz CT molecular complexity index is 548. The lowest BCUT2D eigenvalue weighted by Gasteiger charge is -2.05. The Morgan fingerprint density at radius 1 is 1.47 bits per heavy atom. The molecule has 0 aromatic carbocycles. The molecular weight excluding hydrogens is 250 g/mol. The summed E-state index contributed by atoms with van der Waals surface area (Å²) in [4.78, 5) is 10.6. The summed E-state index contributed by atoms with van der Waals surface area (Å²) in [5.41, 5.74) is -0.0503. The van der Waals surface area contributed by atoms with Crippen molar-refractivity contribution in [3.63, 3.8) is 0 Å². The second kappa shape index (κ2) is 6.05. The Balaban J connectivity index is 1.76. The van der Waals surface area contributed by atoms with Gasteiger partial charge >= 0.3 is 5.97 Å². The average Bonchev–Trinajstić information content (AvgIpc) is 3.03. The number of carbonyl (C=O) groups is 1. The van der Waals surface area contributed by atoms with Crippen molar-refractivity contribution in [3.05, 3.63) is 24.0 Å². The molecule has 0 amide bonds. The highest BCUT2D eigenvalue weighted by atomic mass is 16.4. The minimum Gasteiger partial charge on any atom is -0.476 e. The zero-order valence-electron chi connectivity index (χ0n) is 10.5. The standard InChI is InChI=1S/C10H15N7O2/c1-2-16-7-12-14-9(16)5-11-3-4-17-6-8(10(18)19)13-15-17/h6-7,11H,2-5H2,1H3,(H,18,19). The maximum absolute atomic E-state index is 10.6. The van der Waals surface area contributed by atoms with Crippen molar-refractivity contribution in [1.29, 1.82) is 0 Å². The van der Waals surface area contributed by atoms with Gasteiger partial charge in [0.15, 0.2) is 5.69 Å². The van der Waals surface area contributed by atoms with Gasteiger partial charge in [0.05, 0.1) is 19.3 Å². The zero-order valence-corrected chi connectivity index (χ0v) is 10.5. The number of hydrogen-bond acceptors (Lipinski definition) is 6. The molecule has 2 aromatic rings. The molecule has 0 unspecified atom stereocenters. The molecule has 0 radical (unpaired) electrons. The predicted molar refractivity (Wildman–Crippen MR) is 64.4 cm³/mol. The van der Waals surface area contributed by atoms with Crippen LogP contribution in [0.15, 0.2) is 12.5 Å². The third-order valence-electron chi connectivity index (χ3n) is 2.59. The van der Waals surface area contributed by atoms with E-state index in [9.17, 15) is 4.79 Å². The van der Waals surface area contributed by atoms with Crippen LogP contribution < -0.4 is 5.32 Å². The fourth-order valence-electron chi connectivity index (χ4n) is 1.58. The summed E-state index contributed by atoms with van der Waals surface area (Å²) in [5.74, 6) is -0.206. The van der Waals surface area contributed by atoms with Crippen molar-refractivity contribution < 1.29 is 9.90 Å². The van der Waals surface area contributed by atoms with E-state index in [1.54, 1.807) is 6.33 Å². The Hall–Kier alpha value is -2.29. The van der Waals surface area contributed by atoms with Crippen molar-refractivity contribution in [3.8, 4) is 0 Å². The smallest absolute Gasteiger partial charge is 0.358 e. The minimum absolute atomic E-state index is 0.0503. The molecule has 0 aliphatic carbocycles. The molecule has 9 nitrogen and oxygen atoms in total. The van der Waals surface area contributed by atoms with Crippen LogP contribution in [-0.4, -0.2) is 47.4 Å². The lowest BCUT2D eigenvalue weighted by Crippen LogP contribution is -2.21. The predicted octanol–water partition coefficient (Wildman–Crippen LogP) is -0.622. The molecule has 0 bridgehead atoms. The van der Waals surface area contributed by atoms with Crippen LogP contribution >= 0.6 is 0 Å². The third kappa shape index (κ3) is 3.35. The highest BCUT2D eigenvalue weighted by molar-refractivity contribution is 5.84. The van der Waals surface area contributed by atoms with E-state index in [1.807, 2.05) is 11.5 Å². The highest BCUT2D eigenvalue weighted by Crippen LogP contribution is 1.94. The van der Waals surface area contributed by atoms with Crippen LogP contribution in [0.25, 0.3) is 0 Å². The van der Waals surface area contributed by atoms with Crippen molar-refractivity contribution in [1.82, 2.24) is 35.1 Å². The first-order chi connectivity index (χ1) is 9.20. The van der Waals surface area contributed by atoms with Crippen molar-refractivity contribution in [2.75, 3.05) is 6.54 Å². The first-order valence-electron chi connectivity index (χ1n) is 5.91. The lowest BCUT2D eigenvalue weighted by atomic mass is 10.5. The molecule has 19 heavy (non-hydrogen) atoms. The minimum atomic E-state index is -1.07. The number of carboxylic acid groups (broad SMARTS) is 1. The first-order valence-corrected chi connectivity index (χ1v) is 5.91. The second-order valence-corrected chi connectivity index (χ2v) is 3.88.